The summed E-state index contributed by atoms with van der Waals surface area (Å²) < 4.78 is 5.04. The molecular weight excluding hydrogens is 232 g/mol. The number of aromatic nitrogens is 1. The second-order valence-corrected chi connectivity index (χ2v) is 3.48. The van der Waals surface area contributed by atoms with Crippen molar-refractivity contribution in [1.82, 2.24) is 4.98 Å². The van der Waals surface area contributed by atoms with Crippen molar-refractivity contribution in [3.05, 3.63) is 35.0 Å². The first-order valence-corrected chi connectivity index (χ1v) is 4.71. The average molecular weight is 239 g/mol. The molecule has 1 heterocycles. The van der Waals surface area contributed by atoms with E-state index in [0.29, 0.717) is 10.6 Å². The van der Waals surface area contributed by atoms with E-state index in [9.17, 15) is 4.79 Å². The van der Waals surface area contributed by atoms with Crippen LogP contribution in [0.4, 0.5) is 6.01 Å². The predicted molar refractivity (Wildman–Crippen MR) is 58.3 cm³/mol. The number of carboxylic acids is 1. The molecule has 1 aromatic carbocycles. The van der Waals surface area contributed by atoms with Gasteiger partial charge in [-0.05, 0) is 24.3 Å². The lowest BCUT2D eigenvalue weighted by Gasteiger charge is -1.97. The van der Waals surface area contributed by atoms with E-state index in [1.807, 2.05) is 0 Å². The first-order valence-electron chi connectivity index (χ1n) is 4.33. The van der Waals surface area contributed by atoms with Crippen molar-refractivity contribution in [2.75, 3.05) is 5.73 Å². The molecule has 0 atom stereocenters. The zero-order chi connectivity index (χ0) is 11.7. The third-order valence-electron chi connectivity index (χ3n) is 1.95. The highest BCUT2D eigenvalue weighted by atomic mass is 35.5. The van der Waals surface area contributed by atoms with Crippen LogP contribution in [0.25, 0.3) is 11.3 Å². The fourth-order valence-corrected chi connectivity index (χ4v) is 1.40. The molecule has 5 nitrogen and oxygen atoms in total. The lowest BCUT2D eigenvalue weighted by molar-refractivity contribution is 0.0691. The number of nitrogens with zero attached hydrogens (tertiary/aromatic N) is 1. The lowest BCUT2D eigenvalue weighted by Crippen LogP contribution is -1.99. The van der Waals surface area contributed by atoms with Crippen LogP contribution in [-0.2, 0) is 0 Å². The smallest absolute Gasteiger partial charge is 0.358 e. The Balaban J connectivity index is 2.55. The second-order valence-electron chi connectivity index (χ2n) is 3.04. The Bertz CT molecular complexity index is 533. The summed E-state index contributed by atoms with van der Waals surface area (Å²) in [6, 6.07) is 6.34. The number of hydrogen-bond acceptors (Lipinski definition) is 4. The van der Waals surface area contributed by atoms with Crippen molar-refractivity contribution in [2.24, 2.45) is 0 Å². The summed E-state index contributed by atoms with van der Waals surface area (Å²) in [6.45, 7) is 0. The number of carboxylic acid groups (broad SMARTS) is 1. The Morgan fingerprint density at radius 2 is 2.00 bits per heavy atom. The van der Waals surface area contributed by atoms with Gasteiger partial charge in [0.25, 0.3) is 6.01 Å². The largest absolute Gasteiger partial charge is 0.476 e. The highest BCUT2D eigenvalue weighted by Gasteiger charge is 2.19. The molecule has 16 heavy (non-hydrogen) atoms. The minimum absolute atomic E-state index is 0.127. The van der Waals surface area contributed by atoms with Gasteiger partial charge >= 0.3 is 5.97 Å². The van der Waals surface area contributed by atoms with Gasteiger partial charge in [0.1, 0.15) is 0 Å². The molecule has 2 rings (SSSR count). The molecule has 0 fully saturated rings. The number of hydrogen-bond donors (Lipinski definition) is 2. The number of oxazole rings is 1. The van der Waals surface area contributed by atoms with E-state index in [-0.39, 0.29) is 17.5 Å². The van der Waals surface area contributed by atoms with E-state index in [0.717, 1.165) is 0 Å². The fourth-order valence-electron chi connectivity index (χ4n) is 1.28. The number of benzene rings is 1. The van der Waals surface area contributed by atoms with E-state index in [4.69, 9.17) is 26.9 Å². The number of carbonyl (C=O) groups is 1. The summed E-state index contributed by atoms with van der Waals surface area (Å²) in [6.07, 6.45) is 0. The van der Waals surface area contributed by atoms with Crippen LogP contribution in [0.1, 0.15) is 10.5 Å². The molecule has 82 valence electrons. The van der Waals surface area contributed by atoms with E-state index in [1.165, 1.54) is 0 Å². The molecule has 0 amide bonds. The summed E-state index contributed by atoms with van der Waals surface area (Å²) in [5.74, 6) is -1.06. The maximum absolute atomic E-state index is 10.9. The summed E-state index contributed by atoms with van der Waals surface area (Å²) in [4.78, 5) is 14.5. The van der Waals surface area contributed by atoms with Gasteiger partial charge in [0.2, 0.25) is 0 Å². The van der Waals surface area contributed by atoms with Crippen LogP contribution >= 0.6 is 11.6 Å². The lowest BCUT2D eigenvalue weighted by atomic mass is 10.1. The van der Waals surface area contributed by atoms with Gasteiger partial charge in [-0.2, -0.15) is 4.98 Å². The Labute approximate surface area is 95.5 Å². The van der Waals surface area contributed by atoms with Crippen molar-refractivity contribution in [2.45, 2.75) is 0 Å². The zero-order valence-electron chi connectivity index (χ0n) is 7.98. The third-order valence-corrected chi connectivity index (χ3v) is 2.20. The Hall–Kier alpha value is -2.01. The molecule has 0 saturated carbocycles. The third kappa shape index (κ3) is 1.85. The van der Waals surface area contributed by atoms with Gasteiger partial charge in [-0.1, -0.05) is 11.6 Å². The first kappa shape index (κ1) is 10.5. The number of rotatable bonds is 2. The summed E-state index contributed by atoms with van der Waals surface area (Å²) in [5.41, 5.74) is 5.67. The number of nitrogen functional groups attached to an aromatic ring is 1. The monoisotopic (exact) mass is 238 g/mol. The maximum Gasteiger partial charge on any atom is 0.358 e. The highest BCUT2D eigenvalue weighted by molar-refractivity contribution is 6.30. The molecule has 0 aliphatic rings. The summed E-state index contributed by atoms with van der Waals surface area (Å²) in [7, 11) is 0. The van der Waals surface area contributed by atoms with Crippen molar-refractivity contribution < 1.29 is 14.3 Å². The van der Waals surface area contributed by atoms with Crippen molar-refractivity contribution in [1.29, 1.82) is 0 Å². The van der Waals surface area contributed by atoms with E-state index in [2.05, 4.69) is 4.98 Å². The van der Waals surface area contributed by atoms with E-state index >= 15 is 0 Å². The maximum atomic E-state index is 10.9. The van der Waals surface area contributed by atoms with Crippen LogP contribution in [0.5, 0.6) is 0 Å². The normalized spacial score (nSPS) is 10.3. The van der Waals surface area contributed by atoms with Crippen LogP contribution in [0.2, 0.25) is 5.02 Å². The predicted octanol–water partition coefficient (Wildman–Crippen LogP) is 2.28. The topological polar surface area (TPSA) is 89.3 Å². The molecule has 0 saturated heterocycles. The van der Waals surface area contributed by atoms with Crippen LogP contribution in [-0.4, -0.2) is 16.1 Å². The van der Waals surface area contributed by atoms with Gasteiger partial charge in [-0.25, -0.2) is 4.79 Å². The van der Waals surface area contributed by atoms with Gasteiger partial charge in [-0.15, -0.1) is 0 Å². The first-order chi connectivity index (χ1) is 7.58. The summed E-state index contributed by atoms with van der Waals surface area (Å²) in [5, 5.41) is 9.44. The molecule has 6 heteroatoms. The van der Waals surface area contributed by atoms with Gasteiger partial charge in [0, 0.05) is 10.6 Å². The zero-order valence-corrected chi connectivity index (χ0v) is 8.73. The highest BCUT2D eigenvalue weighted by Crippen LogP contribution is 2.27. The molecule has 0 aliphatic carbocycles. The molecular formula is C10H7ClN2O3. The molecule has 0 bridgehead atoms. The van der Waals surface area contributed by atoms with Crippen molar-refractivity contribution >= 4 is 23.6 Å². The van der Waals surface area contributed by atoms with Crippen molar-refractivity contribution in [3.8, 4) is 11.3 Å². The Morgan fingerprint density at radius 1 is 1.38 bits per heavy atom. The summed E-state index contributed by atoms with van der Waals surface area (Å²) >= 11 is 5.72. The number of anilines is 1. The molecule has 0 radical (unpaired) electrons. The van der Waals surface area contributed by atoms with Gasteiger partial charge in [0.05, 0.1) is 0 Å². The molecule has 0 aliphatic heterocycles. The second kappa shape index (κ2) is 3.86. The molecule has 2 aromatic rings. The quantitative estimate of drug-likeness (QED) is 0.838. The van der Waals surface area contributed by atoms with E-state index < -0.39 is 5.97 Å². The molecule has 1 aromatic heterocycles. The van der Waals surface area contributed by atoms with Crippen LogP contribution in [0, 0.1) is 0 Å². The van der Waals surface area contributed by atoms with Crippen LogP contribution in [0.15, 0.2) is 28.7 Å². The van der Waals surface area contributed by atoms with Crippen LogP contribution in [0.3, 0.4) is 0 Å². The SMILES string of the molecule is Nc1nc(C(=O)O)c(-c2ccc(Cl)cc2)o1. The Morgan fingerprint density at radius 3 is 2.56 bits per heavy atom. The molecule has 0 unspecified atom stereocenters. The standard InChI is InChI=1S/C10H7ClN2O3/c11-6-3-1-5(2-4-6)8-7(9(14)15)13-10(12)16-8/h1-4H,(H2,12,13)(H,14,15). The van der Waals surface area contributed by atoms with E-state index in [1.54, 1.807) is 24.3 Å². The van der Waals surface area contributed by atoms with Gasteiger partial charge < -0.3 is 15.3 Å². The van der Waals surface area contributed by atoms with Gasteiger partial charge in [0.15, 0.2) is 11.5 Å². The average Bonchev–Trinajstić information content (AvgIpc) is 2.61. The number of aromatic carboxylic acids is 1. The number of halogens is 1. The van der Waals surface area contributed by atoms with Crippen LogP contribution < -0.4 is 5.73 Å². The molecule has 3 N–H and O–H groups in total. The minimum Gasteiger partial charge on any atom is -0.476 e. The number of nitrogens with two attached hydrogens (primary N) is 1. The van der Waals surface area contributed by atoms with Gasteiger partial charge in [-0.3, -0.25) is 0 Å². The Kier molecular flexibility index (Phi) is 2.54. The fraction of sp³-hybridized carbons (Fsp3) is 0. The van der Waals surface area contributed by atoms with Crippen molar-refractivity contribution in [3.63, 3.8) is 0 Å². The molecule has 0 spiro atoms. The minimum atomic E-state index is -1.19.